The number of carboxylic acid groups (broad SMARTS) is 1. The van der Waals surface area contributed by atoms with Gasteiger partial charge in [0.2, 0.25) is 0 Å². The molecule has 1 aromatic rings. The average molecular weight is 340 g/mol. The number of carbonyl (C=O) groups excluding carboxylic acids is 1. The number of nitrogens with zero attached hydrogens (tertiary/aromatic N) is 2. The van der Waals surface area contributed by atoms with Crippen molar-refractivity contribution in [3.8, 4) is 0 Å². The van der Waals surface area contributed by atoms with E-state index in [1.807, 2.05) is 11.8 Å². The molecule has 1 saturated carbocycles. The van der Waals surface area contributed by atoms with Crippen molar-refractivity contribution in [3.63, 3.8) is 0 Å². The van der Waals surface area contributed by atoms with E-state index in [1.54, 1.807) is 6.20 Å². The van der Waals surface area contributed by atoms with Gasteiger partial charge >= 0.3 is 12.0 Å². The Labute approximate surface area is 140 Å². The molecule has 128 valence electrons. The predicted octanol–water partition coefficient (Wildman–Crippen LogP) is 2.33. The largest absolute Gasteiger partial charge is 0.480 e. The minimum absolute atomic E-state index is 0.0528. The predicted molar refractivity (Wildman–Crippen MR) is 90.1 cm³/mol. The molecular weight excluding hydrogens is 316 g/mol. The standard InChI is InChI=1S/C15H24N4O3S/c1-4-19(8-13(20)21)11-5-10(6-11)17-14(22)18-15-16-7-12(23-15)9(2)3/h7,9-11H,4-6,8H2,1-3H3,(H,20,21)(H2,16,17,18,22). The summed E-state index contributed by atoms with van der Waals surface area (Å²) in [6.07, 6.45) is 3.35. The number of amides is 2. The molecule has 1 aliphatic rings. The second-order valence-electron chi connectivity index (χ2n) is 6.10. The maximum atomic E-state index is 12.0. The quantitative estimate of drug-likeness (QED) is 0.708. The van der Waals surface area contributed by atoms with Gasteiger partial charge in [-0.05, 0) is 25.3 Å². The van der Waals surface area contributed by atoms with Crippen LogP contribution in [-0.2, 0) is 4.79 Å². The summed E-state index contributed by atoms with van der Waals surface area (Å²) in [5.41, 5.74) is 0. The van der Waals surface area contributed by atoms with Gasteiger partial charge in [0.15, 0.2) is 5.13 Å². The smallest absolute Gasteiger partial charge is 0.321 e. The number of anilines is 1. The van der Waals surface area contributed by atoms with E-state index >= 15 is 0 Å². The van der Waals surface area contributed by atoms with Gasteiger partial charge in [0.25, 0.3) is 0 Å². The summed E-state index contributed by atoms with van der Waals surface area (Å²) in [7, 11) is 0. The second kappa shape index (κ2) is 7.74. The highest BCUT2D eigenvalue weighted by Crippen LogP contribution is 2.27. The van der Waals surface area contributed by atoms with Gasteiger partial charge in [-0.2, -0.15) is 0 Å². The third-order valence-corrected chi connectivity index (χ3v) is 5.24. The monoisotopic (exact) mass is 340 g/mol. The number of urea groups is 1. The van der Waals surface area contributed by atoms with Crippen molar-refractivity contribution < 1.29 is 14.7 Å². The van der Waals surface area contributed by atoms with Crippen molar-refractivity contribution in [2.45, 2.75) is 51.6 Å². The number of rotatable bonds is 7. The normalized spacial score (nSPS) is 20.4. The molecule has 0 bridgehead atoms. The van der Waals surface area contributed by atoms with Crippen molar-refractivity contribution in [2.75, 3.05) is 18.4 Å². The number of aliphatic carboxylic acids is 1. The van der Waals surface area contributed by atoms with E-state index in [2.05, 4.69) is 29.5 Å². The first-order valence-electron chi connectivity index (χ1n) is 7.88. The topological polar surface area (TPSA) is 94.6 Å². The summed E-state index contributed by atoms with van der Waals surface area (Å²) in [4.78, 5) is 30.0. The molecule has 7 nitrogen and oxygen atoms in total. The molecule has 0 unspecified atom stereocenters. The Morgan fingerprint density at radius 1 is 1.48 bits per heavy atom. The molecule has 1 fully saturated rings. The lowest BCUT2D eigenvalue weighted by Crippen LogP contribution is -2.55. The van der Waals surface area contributed by atoms with E-state index in [-0.39, 0.29) is 24.7 Å². The zero-order chi connectivity index (χ0) is 17.0. The Hall–Kier alpha value is -1.67. The number of carbonyl (C=O) groups is 2. The summed E-state index contributed by atoms with van der Waals surface area (Å²) >= 11 is 1.48. The molecule has 0 radical (unpaired) electrons. The number of thiazole rings is 1. The summed E-state index contributed by atoms with van der Waals surface area (Å²) < 4.78 is 0. The van der Waals surface area contributed by atoms with Crippen molar-refractivity contribution >= 4 is 28.5 Å². The van der Waals surface area contributed by atoms with Crippen LogP contribution in [0.5, 0.6) is 0 Å². The molecule has 0 spiro atoms. The van der Waals surface area contributed by atoms with E-state index in [9.17, 15) is 9.59 Å². The van der Waals surface area contributed by atoms with Crippen LogP contribution in [0.4, 0.5) is 9.93 Å². The lowest BCUT2D eigenvalue weighted by molar-refractivity contribution is -0.139. The molecule has 2 amide bonds. The molecule has 0 aliphatic heterocycles. The zero-order valence-electron chi connectivity index (χ0n) is 13.7. The summed E-state index contributed by atoms with van der Waals surface area (Å²) in [6, 6.07) is 0.0700. The highest BCUT2D eigenvalue weighted by atomic mass is 32.1. The molecule has 1 heterocycles. The van der Waals surface area contributed by atoms with Gasteiger partial charge < -0.3 is 10.4 Å². The zero-order valence-corrected chi connectivity index (χ0v) is 14.5. The number of aromatic nitrogens is 1. The molecule has 1 aliphatic carbocycles. The van der Waals surface area contributed by atoms with E-state index in [1.165, 1.54) is 11.3 Å². The van der Waals surface area contributed by atoms with Gasteiger partial charge in [-0.3, -0.25) is 15.0 Å². The van der Waals surface area contributed by atoms with Crippen molar-refractivity contribution in [3.05, 3.63) is 11.1 Å². The van der Waals surface area contributed by atoms with Gasteiger partial charge in [0.05, 0.1) is 6.54 Å². The third-order valence-electron chi connectivity index (χ3n) is 4.02. The van der Waals surface area contributed by atoms with Gasteiger partial charge in [0.1, 0.15) is 0 Å². The lowest BCUT2D eigenvalue weighted by atomic mass is 9.85. The Morgan fingerprint density at radius 3 is 2.70 bits per heavy atom. The van der Waals surface area contributed by atoms with Crippen LogP contribution in [0.3, 0.4) is 0 Å². The van der Waals surface area contributed by atoms with E-state index < -0.39 is 5.97 Å². The van der Waals surface area contributed by atoms with Crippen LogP contribution in [0.15, 0.2) is 6.20 Å². The van der Waals surface area contributed by atoms with Crippen LogP contribution >= 0.6 is 11.3 Å². The molecule has 0 saturated heterocycles. The second-order valence-corrected chi connectivity index (χ2v) is 7.16. The molecule has 0 aromatic carbocycles. The highest BCUT2D eigenvalue weighted by Gasteiger charge is 2.34. The summed E-state index contributed by atoms with van der Waals surface area (Å²) in [5.74, 6) is -0.418. The van der Waals surface area contributed by atoms with Crippen LogP contribution in [-0.4, -0.2) is 52.2 Å². The van der Waals surface area contributed by atoms with Crippen molar-refractivity contribution in [2.24, 2.45) is 0 Å². The fourth-order valence-electron chi connectivity index (χ4n) is 2.61. The first-order valence-corrected chi connectivity index (χ1v) is 8.69. The fourth-order valence-corrected chi connectivity index (χ4v) is 3.42. The Bertz CT molecular complexity index is 555. The Kier molecular flexibility index (Phi) is 5.95. The maximum Gasteiger partial charge on any atom is 0.321 e. The van der Waals surface area contributed by atoms with Crippen LogP contribution < -0.4 is 10.6 Å². The van der Waals surface area contributed by atoms with Crippen LogP contribution in [0.2, 0.25) is 0 Å². The number of hydrogen-bond donors (Lipinski definition) is 3. The average Bonchev–Trinajstić information content (AvgIpc) is 2.88. The minimum atomic E-state index is -0.814. The van der Waals surface area contributed by atoms with E-state index in [0.717, 1.165) is 17.7 Å². The number of hydrogen-bond acceptors (Lipinski definition) is 5. The number of nitrogens with one attached hydrogen (secondary N) is 2. The summed E-state index contributed by atoms with van der Waals surface area (Å²) in [6.45, 7) is 6.88. The third kappa shape index (κ3) is 4.90. The molecule has 8 heteroatoms. The van der Waals surface area contributed by atoms with Gasteiger partial charge in [-0.15, -0.1) is 11.3 Å². The molecule has 2 rings (SSSR count). The molecule has 3 N–H and O–H groups in total. The molecule has 23 heavy (non-hydrogen) atoms. The molecule has 1 aromatic heterocycles. The van der Waals surface area contributed by atoms with Gasteiger partial charge in [0, 0.05) is 23.2 Å². The Morgan fingerprint density at radius 2 is 2.17 bits per heavy atom. The number of carboxylic acids is 1. The maximum absolute atomic E-state index is 12.0. The first kappa shape index (κ1) is 17.7. The van der Waals surface area contributed by atoms with Crippen LogP contribution in [0, 0.1) is 0 Å². The van der Waals surface area contributed by atoms with Gasteiger partial charge in [-0.1, -0.05) is 20.8 Å². The molecule has 0 atom stereocenters. The van der Waals surface area contributed by atoms with Crippen molar-refractivity contribution in [1.29, 1.82) is 0 Å². The SMILES string of the molecule is CCN(CC(=O)O)C1CC(NC(=O)Nc2ncc(C(C)C)s2)C1. The first-order chi connectivity index (χ1) is 10.9. The van der Waals surface area contributed by atoms with Crippen LogP contribution in [0.25, 0.3) is 0 Å². The number of likely N-dealkylation sites (N-methyl/N-ethyl adjacent to an activating group) is 1. The van der Waals surface area contributed by atoms with Crippen molar-refractivity contribution in [1.82, 2.24) is 15.2 Å². The van der Waals surface area contributed by atoms with E-state index in [4.69, 9.17) is 5.11 Å². The molecular formula is C15H24N4O3S. The minimum Gasteiger partial charge on any atom is -0.480 e. The summed E-state index contributed by atoms with van der Waals surface area (Å²) in [5, 5.41) is 15.1. The highest BCUT2D eigenvalue weighted by molar-refractivity contribution is 7.15. The van der Waals surface area contributed by atoms with E-state index in [0.29, 0.717) is 17.6 Å². The van der Waals surface area contributed by atoms with Crippen LogP contribution in [0.1, 0.15) is 44.4 Å². The Balaban J connectivity index is 1.74. The van der Waals surface area contributed by atoms with Gasteiger partial charge in [-0.25, -0.2) is 9.78 Å². The lowest BCUT2D eigenvalue weighted by Gasteiger charge is -2.42. The fraction of sp³-hybridized carbons (Fsp3) is 0.667.